The maximum atomic E-state index is 12.1. The fraction of sp³-hybridized carbons (Fsp3) is 0.238. The second-order valence-corrected chi connectivity index (χ2v) is 6.47. The molecular formula is C21H24N4O. The molecule has 0 fully saturated rings. The van der Waals surface area contributed by atoms with Crippen LogP contribution in [-0.4, -0.2) is 23.4 Å². The number of carbonyl (C=O) groups excluding carboxylic acids is 1. The van der Waals surface area contributed by atoms with Crippen LogP contribution in [0.3, 0.4) is 0 Å². The van der Waals surface area contributed by atoms with Crippen molar-refractivity contribution in [1.82, 2.24) is 10.3 Å². The molecule has 3 N–H and O–H groups in total. The van der Waals surface area contributed by atoms with Gasteiger partial charge in [0.05, 0.1) is 0 Å². The van der Waals surface area contributed by atoms with Gasteiger partial charge in [-0.25, -0.2) is 0 Å². The number of aromatic amines is 1. The van der Waals surface area contributed by atoms with Gasteiger partial charge in [0.25, 0.3) is 0 Å². The molecular weight excluding hydrogens is 324 g/mol. The van der Waals surface area contributed by atoms with Gasteiger partial charge >= 0.3 is 0 Å². The molecule has 0 aliphatic rings. The zero-order valence-corrected chi connectivity index (χ0v) is 15.1. The van der Waals surface area contributed by atoms with Crippen molar-refractivity contribution in [2.24, 2.45) is 10.9 Å². The minimum absolute atomic E-state index is 0.0562. The standard InChI is InChI=1S/C21H24N4O/c1-15(2)20(26)25-21(24-17-8-4-3-5-9-17)22-13-12-16-14-23-19-11-7-6-10-18(16)19/h3-11,14-15,23H,12-13H2,1-2H3,(H2,22,24,25,26). The highest BCUT2D eigenvalue weighted by molar-refractivity contribution is 6.04. The monoisotopic (exact) mass is 348 g/mol. The molecule has 3 rings (SSSR count). The second-order valence-electron chi connectivity index (χ2n) is 6.47. The number of H-pyrrole nitrogens is 1. The van der Waals surface area contributed by atoms with E-state index in [1.807, 2.05) is 62.5 Å². The number of nitrogens with one attached hydrogen (secondary N) is 3. The van der Waals surface area contributed by atoms with Gasteiger partial charge in [0.15, 0.2) is 0 Å². The maximum absolute atomic E-state index is 12.1. The predicted molar refractivity (Wildman–Crippen MR) is 107 cm³/mol. The molecule has 5 nitrogen and oxygen atoms in total. The number of aromatic nitrogens is 1. The Labute approximate surface area is 153 Å². The third-order valence-electron chi connectivity index (χ3n) is 4.13. The van der Waals surface area contributed by atoms with Crippen LogP contribution in [-0.2, 0) is 11.2 Å². The number of aliphatic imine (C=N–C) groups is 1. The van der Waals surface area contributed by atoms with E-state index in [-0.39, 0.29) is 11.8 Å². The summed E-state index contributed by atoms with van der Waals surface area (Å²) in [4.78, 5) is 19.9. The molecule has 0 spiro atoms. The molecule has 2 aromatic carbocycles. The van der Waals surface area contributed by atoms with Gasteiger partial charge in [0, 0.05) is 35.2 Å². The van der Waals surface area contributed by atoms with Crippen molar-refractivity contribution in [2.45, 2.75) is 20.3 Å². The largest absolute Gasteiger partial charge is 0.361 e. The Morgan fingerprint density at radius 2 is 1.81 bits per heavy atom. The van der Waals surface area contributed by atoms with E-state index in [1.165, 1.54) is 10.9 Å². The number of carbonyl (C=O) groups is 1. The molecule has 0 aliphatic carbocycles. The van der Waals surface area contributed by atoms with Gasteiger partial charge in [0.1, 0.15) is 0 Å². The minimum Gasteiger partial charge on any atom is -0.361 e. The van der Waals surface area contributed by atoms with Gasteiger partial charge < -0.3 is 10.3 Å². The highest BCUT2D eigenvalue weighted by Crippen LogP contribution is 2.18. The highest BCUT2D eigenvalue weighted by atomic mass is 16.2. The summed E-state index contributed by atoms with van der Waals surface area (Å²) < 4.78 is 0. The van der Waals surface area contributed by atoms with Crippen LogP contribution in [0.15, 0.2) is 65.8 Å². The molecule has 26 heavy (non-hydrogen) atoms. The number of fused-ring (bicyclic) bond motifs is 1. The molecule has 0 aliphatic heterocycles. The first-order valence-corrected chi connectivity index (χ1v) is 8.86. The molecule has 0 saturated heterocycles. The van der Waals surface area contributed by atoms with Gasteiger partial charge in [-0.2, -0.15) is 0 Å². The number of guanidine groups is 1. The smallest absolute Gasteiger partial charge is 0.229 e. The Hall–Kier alpha value is -3.08. The molecule has 1 amide bonds. The van der Waals surface area contributed by atoms with Crippen molar-refractivity contribution in [1.29, 1.82) is 0 Å². The summed E-state index contributed by atoms with van der Waals surface area (Å²) in [6.45, 7) is 4.30. The van der Waals surface area contributed by atoms with Gasteiger partial charge in [-0.3, -0.25) is 15.1 Å². The van der Waals surface area contributed by atoms with Crippen LogP contribution in [0.2, 0.25) is 0 Å². The second kappa shape index (κ2) is 8.34. The average molecular weight is 348 g/mol. The fourth-order valence-corrected chi connectivity index (χ4v) is 2.66. The van der Waals surface area contributed by atoms with Crippen LogP contribution < -0.4 is 10.6 Å². The van der Waals surface area contributed by atoms with Crippen LogP contribution in [0.4, 0.5) is 5.69 Å². The highest BCUT2D eigenvalue weighted by Gasteiger charge is 2.10. The van der Waals surface area contributed by atoms with Crippen molar-refractivity contribution < 1.29 is 4.79 Å². The molecule has 3 aromatic rings. The number of anilines is 1. The third-order valence-corrected chi connectivity index (χ3v) is 4.13. The molecule has 0 atom stereocenters. The molecule has 5 heteroatoms. The summed E-state index contributed by atoms with van der Waals surface area (Å²) in [7, 11) is 0. The van der Waals surface area contributed by atoms with Crippen LogP contribution in [0.1, 0.15) is 19.4 Å². The van der Waals surface area contributed by atoms with Crippen molar-refractivity contribution in [3.05, 3.63) is 66.4 Å². The summed E-state index contributed by atoms with van der Waals surface area (Å²) in [6.07, 6.45) is 2.82. The van der Waals surface area contributed by atoms with E-state index in [0.717, 1.165) is 17.6 Å². The Morgan fingerprint density at radius 1 is 1.08 bits per heavy atom. The van der Waals surface area contributed by atoms with Crippen LogP contribution in [0.5, 0.6) is 0 Å². The lowest BCUT2D eigenvalue weighted by molar-refractivity contribution is -0.122. The van der Waals surface area contributed by atoms with Crippen molar-refractivity contribution in [3.63, 3.8) is 0 Å². The van der Waals surface area contributed by atoms with Crippen LogP contribution >= 0.6 is 0 Å². The van der Waals surface area contributed by atoms with Crippen molar-refractivity contribution in [2.75, 3.05) is 11.9 Å². The number of rotatable bonds is 5. The van der Waals surface area contributed by atoms with Crippen LogP contribution in [0, 0.1) is 5.92 Å². The number of amides is 1. The Morgan fingerprint density at radius 3 is 2.58 bits per heavy atom. The van der Waals surface area contributed by atoms with Crippen LogP contribution in [0.25, 0.3) is 10.9 Å². The quantitative estimate of drug-likeness (QED) is 0.483. The normalized spacial score (nSPS) is 11.7. The van der Waals surface area contributed by atoms with Gasteiger partial charge in [-0.15, -0.1) is 0 Å². The van der Waals surface area contributed by atoms with Crippen molar-refractivity contribution in [3.8, 4) is 0 Å². The number of nitrogens with zero attached hydrogens (tertiary/aromatic N) is 1. The lowest BCUT2D eigenvalue weighted by Crippen LogP contribution is -2.38. The summed E-state index contributed by atoms with van der Waals surface area (Å²) in [6, 6.07) is 17.9. The summed E-state index contributed by atoms with van der Waals surface area (Å²) >= 11 is 0. The summed E-state index contributed by atoms with van der Waals surface area (Å²) in [5.74, 6) is 0.320. The number of para-hydroxylation sites is 2. The Kier molecular flexibility index (Phi) is 5.69. The van der Waals surface area contributed by atoms with E-state index in [0.29, 0.717) is 12.5 Å². The Bertz CT molecular complexity index is 897. The Balaban J connectivity index is 1.71. The lowest BCUT2D eigenvalue weighted by Gasteiger charge is -2.13. The van der Waals surface area contributed by atoms with E-state index < -0.39 is 0 Å². The molecule has 0 unspecified atom stereocenters. The first-order chi connectivity index (χ1) is 12.6. The summed E-state index contributed by atoms with van der Waals surface area (Å²) in [5.41, 5.74) is 3.24. The maximum Gasteiger partial charge on any atom is 0.229 e. The number of hydrogen-bond donors (Lipinski definition) is 3. The van der Waals surface area contributed by atoms with E-state index in [4.69, 9.17) is 0 Å². The molecule has 0 radical (unpaired) electrons. The molecule has 1 heterocycles. The van der Waals surface area contributed by atoms with E-state index in [2.05, 4.69) is 32.7 Å². The average Bonchev–Trinajstić information content (AvgIpc) is 3.05. The van der Waals surface area contributed by atoms with Gasteiger partial charge in [0.2, 0.25) is 11.9 Å². The van der Waals surface area contributed by atoms with Crippen molar-refractivity contribution >= 4 is 28.5 Å². The SMILES string of the molecule is CC(C)C(=O)NC(=NCCc1c[nH]c2ccccc12)Nc1ccccc1. The number of benzene rings is 2. The number of hydrogen-bond acceptors (Lipinski definition) is 2. The fourth-order valence-electron chi connectivity index (χ4n) is 2.66. The molecule has 0 bridgehead atoms. The topological polar surface area (TPSA) is 69.3 Å². The zero-order chi connectivity index (χ0) is 18.4. The predicted octanol–water partition coefficient (Wildman–Crippen LogP) is 3.95. The van der Waals surface area contributed by atoms with E-state index in [1.54, 1.807) is 0 Å². The molecule has 1 aromatic heterocycles. The van der Waals surface area contributed by atoms with Gasteiger partial charge in [-0.1, -0.05) is 50.2 Å². The first kappa shape index (κ1) is 17.7. The van der Waals surface area contributed by atoms with E-state index >= 15 is 0 Å². The summed E-state index contributed by atoms with van der Waals surface area (Å²) in [5, 5.41) is 7.28. The zero-order valence-electron chi connectivity index (χ0n) is 15.1. The molecule has 0 saturated carbocycles. The third kappa shape index (κ3) is 4.51. The minimum atomic E-state index is -0.105. The lowest BCUT2D eigenvalue weighted by atomic mass is 10.1. The molecule has 134 valence electrons. The first-order valence-electron chi connectivity index (χ1n) is 8.86. The van der Waals surface area contributed by atoms with Gasteiger partial charge in [-0.05, 0) is 30.2 Å². The van der Waals surface area contributed by atoms with E-state index in [9.17, 15) is 4.79 Å².